The van der Waals surface area contributed by atoms with Crippen molar-refractivity contribution in [3.63, 3.8) is 0 Å². The van der Waals surface area contributed by atoms with E-state index in [1.807, 2.05) is 6.92 Å². The lowest BCUT2D eigenvalue weighted by Gasteiger charge is -2.28. The molecule has 0 aromatic rings. The van der Waals surface area contributed by atoms with Gasteiger partial charge in [-0.3, -0.25) is 4.79 Å². The molecule has 0 aromatic heterocycles. The van der Waals surface area contributed by atoms with Crippen molar-refractivity contribution < 1.29 is 9.53 Å². The molecule has 1 atom stereocenters. The molecule has 82 valence electrons. The summed E-state index contributed by atoms with van der Waals surface area (Å²) in [5, 5.41) is 0. The molecule has 1 saturated carbocycles. The van der Waals surface area contributed by atoms with Crippen molar-refractivity contribution in [1.29, 1.82) is 0 Å². The summed E-state index contributed by atoms with van der Waals surface area (Å²) in [6.45, 7) is 4.61. The summed E-state index contributed by atoms with van der Waals surface area (Å²) >= 11 is 3.45. The molecule has 0 bridgehead atoms. The number of ether oxygens (including phenoxy) is 1. The Hall–Kier alpha value is -0.0500. The maximum atomic E-state index is 11.5. The van der Waals surface area contributed by atoms with Crippen molar-refractivity contribution in [2.75, 3.05) is 6.61 Å². The normalized spacial score (nSPS) is 29.6. The third-order valence-corrected chi connectivity index (χ3v) is 4.11. The lowest BCUT2D eigenvalue weighted by molar-refractivity contribution is -0.143. The van der Waals surface area contributed by atoms with Gasteiger partial charge < -0.3 is 4.74 Å². The molecule has 14 heavy (non-hydrogen) atoms. The van der Waals surface area contributed by atoms with E-state index >= 15 is 0 Å². The maximum Gasteiger partial charge on any atom is 0.319 e. The summed E-state index contributed by atoms with van der Waals surface area (Å²) in [4.78, 5) is 11.4. The molecule has 2 nitrogen and oxygen atoms in total. The van der Waals surface area contributed by atoms with Gasteiger partial charge in [-0.1, -0.05) is 35.7 Å². The van der Waals surface area contributed by atoms with Crippen LogP contribution < -0.4 is 0 Å². The second-order valence-electron chi connectivity index (χ2n) is 4.17. The molecule has 1 aliphatic carbocycles. The van der Waals surface area contributed by atoms with E-state index in [0.29, 0.717) is 12.5 Å². The van der Waals surface area contributed by atoms with Gasteiger partial charge in [0.05, 0.1) is 6.61 Å². The average Bonchev–Trinajstić information content (AvgIpc) is 2.18. The Labute approximate surface area is 94.5 Å². The average molecular weight is 263 g/mol. The van der Waals surface area contributed by atoms with Crippen LogP contribution in [0.1, 0.15) is 39.5 Å². The molecule has 0 saturated heterocycles. The number of esters is 1. The van der Waals surface area contributed by atoms with E-state index in [-0.39, 0.29) is 10.8 Å². The molecule has 0 heterocycles. The minimum absolute atomic E-state index is 0.0880. The van der Waals surface area contributed by atoms with E-state index in [1.165, 1.54) is 12.8 Å². The smallest absolute Gasteiger partial charge is 0.319 e. The minimum atomic E-state index is -0.0907. The first-order valence-electron chi connectivity index (χ1n) is 5.45. The first kappa shape index (κ1) is 12.0. The summed E-state index contributed by atoms with van der Waals surface area (Å²) in [5.41, 5.74) is 0. The number of carbonyl (C=O) groups is 1. The predicted octanol–water partition coefficient (Wildman–Crippen LogP) is 3.14. The van der Waals surface area contributed by atoms with Crippen molar-refractivity contribution in [1.82, 2.24) is 0 Å². The molecule has 0 amide bonds. The quantitative estimate of drug-likeness (QED) is 0.577. The van der Waals surface area contributed by atoms with Gasteiger partial charge in [0.25, 0.3) is 0 Å². The van der Waals surface area contributed by atoms with Crippen LogP contribution in [-0.4, -0.2) is 17.4 Å². The molecule has 1 rings (SSSR count). The molecule has 3 heteroatoms. The van der Waals surface area contributed by atoms with Crippen LogP contribution in [0.15, 0.2) is 0 Å². The van der Waals surface area contributed by atoms with Crippen LogP contribution in [-0.2, 0) is 9.53 Å². The number of rotatable bonds is 3. The summed E-state index contributed by atoms with van der Waals surface area (Å²) in [7, 11) is 0. The molecule has 0 aromatic carbocycles. The molecule has 0 N–H and O–H groups in total. The van der Waals surface area contributed by atoms with E-state index in [1.54, 1.807) is 0 Å². The Morgan fingerprint density at radius 2 is 2.00 bits per heavy atom. The highest BCUT2D eigenvalue weighted by molar-refractivity contribution is 9.10. The number of carbonyl (C=O) groups excluding carboxylic acids is 1. The van der Waals surface area contributed by atoms with Gasteiger partial charge in [0, 0.05) is 0 Å². The van der Waals surface area contributed by atoms with Crippen LogP contribution in [0.5, 0.6) is 0 Å². The highest BCUT2D eigenvalue weighted by atomic mass is 79.9. The van der Waals surface area contributed by atoms with Gasteiger partial charge in [-0.2, -0.15) is 0 Å². The van der Waals surface area contributed by atoms with Crippen LogP contribution in [0.3, 0.4) is 0 Å². The number of hydrogen-bond donors (Lipinski definition) is 0. The number of hydrogen-bond acceptors (Lipinski definition) is 2. The largest absolute Gasteiger partial charge is 0.465 e. The van der Waals surface area contributed by atoms with Crippen LogP contribution in [0, 0.1) is 11.8 Å². The van der Waals surface area contributed by atoms with E-state index < -0.39 is 0 Å². The van der Waals surface area contributed by atoms with E-state index in [9.17, 15) is 4.79 Å². The molecule has 0 spiro atoms. The van der Waals surface area contributed by atoms with Crippen molar-refractivity contribution in [3.8, 4) is 0 Å². The summed E-state index contributed by atoms with van der Waals surface area (Å²) < 4.78 is 5.00. The predicted molar refractivity (Wildman–Crippen MR) is 60.5 cm³/mol. The molecule has 1 aliphatic rings. The number of alkyl halides is 1. The first-order valence-corrected chi connectivity index (χ1v) is 6.37. The lowest BCUT2D eigenvalue weighted by atomic mass is 9.81. The van der Waals surface area contributed by atoms with Crippen molar-refractivity contribution in [2.45, 2.75) is 44.4 Å². The van der Waals surface area contributed by atoms with Gasteiger partial charge in [0.1, 0.15) is 4.83 Å². The Kier molecular flexibility index (Phi) is 4.93. The fraction of sp³-hybridized carbons (Fsp3) is 0.909. The Morgan fingerprint density at radius 1 is 1.43 bits per heavy atom. The van der Waals surface area contributed by atoms with E-state index in [0.717, 1.165) is 18.8 Å². The van der Waals surface area contributed by atoms with Crippen LogP contribution >= 0.6 is 15.9 Å². The van der Waals surface area contributed by atoms with Gasteiger partial charge in [0.2, 0.25) is 0 Å². The topological polar surface area (TPSA) is 26.3 Å². The van der Waals surface area contributed by atoms with E-state index in [4.69, 9.17) is 4.74 Å². The van der Waals surface area contributed by atoms with Gasteiger partial charge in [-0.25, -0.2) is 0 Å². The fourth-order valence-corrected chi connectivity index (χ4v) is 2.65. The van der Waals surface area contributed by atoms with E-state index in [2.05, 4.69) is 22.9 Å². The minimum Gasteiger partial charge on any atom is -0.465 e. The van der Waals surface area contributed by atoms with Crippen LogP contribution in [0.25, 0.3) is 0 Å². The molecule has 1 unspecified atom stereocenters. The van der Waals surface area contributed by atoms with Gasteiger partial charge in [0.15, 0.2) is 0 Å². The molecular weight excluding hydrogens is 244 g/mol. The zero-order valence-corrected chi connectivity index (χ0v) is 10.5. The zero-order valence-electron chi connectivity index (χ0n) is 8.96. The van der Waals surface area contributed by atoms with Gasteiger partial charge in [-0.05, 0) is 31.6 Å². The number of halogens is 1. The third-order valence-electron chi connectivity index (χ3n) is 2.99. The lowest BCUT2D eigenvalue weighted by Crippen LogP contribution is -2.29. The van der Waals surface area contributed by atoms with Gasteiger partial charge in [-0.15, -0.1) is 0 Å². The molecule has 0 aliphatic heterocycles. The summed E-state index contributed by atoms with van der Waals surface area (Å²) in [6, 6.07) is 0. The Bertz CT molecular complexity index is 186. The zero-order chi connectivity index (χ0) is 10.6. The monoisotopic (exact) mass is 262 g/mol. The first-order chi connectivity index (χ1) is 6.65. The van der Waals surface area contributed by atoms with Crippen molar-refractivity contribution in [3.05, 3.63) is 0 Å². The second-order valence-corrected chi connectivity index (χ2v) is 5.16. The highest BCUT2D eigenvalue weighted by Gasteiger charge is 2.29. The highest BCUT2D eigenvalue weighted by Crippen LogP contribution is 2.33. The molecular formula is C11H19BrO2. The Morgan fingerprint density at radius 3 is 2.50 bits per heavy atom. The second kappa shape index (κ2) is 5.74. The summed E-state index contributed by atoms with van der Waals surface area (Å²) in [5.74, 6) is 1.21. The van der Waals surface area contributed by atoms with Crippen molar-refractivity contribution >= 4 is 21.9 Å². The maximum absolute atomic E-state index is 11.5. The summed E-state index contributed by atoms with van der Waals surface area (Å²) in [6.07, 6.45) is 4.78. The standard InChI is InChI=1S/C11H19BrO2/c1-3-14-11(13)10(12)9-6-4-8(2)5-7-9/h8-10H,3-7H2,1-2H3. The Balaban J connectivity index is 2.37. The van der Waals surface area contributed by atoms with Crippen LogP contribution in [0.2, 0.25) is 0 Å². The molecule has 1 fully saturated rings. The van der Waals surface area contributed by atoms with Crippen LogP contribution in [0.4, 0.5) is 0 Å². The SMILES string of the molecule is CCOC(=O)C(Br)C1CCC(C)CC1. The van der Waals surface area contributed by atoms with Crippen molar-refractivity contribution in [2.24, 2.45) is 11.8 Å². The third kappa shape index (κ3) is 3.26. The molecule has 0 radical (unpaired) electrons. The van der Waals surface area contributed by atoms with Gasteiger partial charge >= 0.3 is 5.97 Å². The fourth-order valence-electron chi connectivity index (χ4n) is 1.99.